The third-order valence-corrected chi connectivity index (χ3v) is 5.54. The molecule has 9 heteroatoms. The second-order valence-electron chi connectivity index (χ2n) is 6.69. The topological polar surface area (TPSA) is 88.2 Å². The van der Waals surface area contributed by atoms with Crippen molar-refractivity contribution in [2.24, 2.45) is 4.99 Å². The minimum absolute atomic E-state index is 0. The molecule has 0 aliphatic rings. The van der Waals surface area contributed by atoms with E-state index in [0.717, 1.165) is 54.0 Å². The average molecular weight is 540 g/mol. The molecule has 0 bridgehead atoms. The van der Waals surface area contributed by atoms with Gasteiger partial charge in [-0.05, 0) is 44.9 Å². The van der Waals surface area contributed by atoms with Crippen LogP contribution in [0.4, 0.5) is 0 Å². The maximum atomic E-state index is 5.29. The van der Waals surface area contributed by atoms with Crippen molar-refractivity contribution in [1.29, 1.82) is 0 Å². The fourth-order valence-electron chi connectivity index (χ4n) is 2.75. The first-order valence-electron chi connectivity index (χ1n) is 9.96. The Hall–Kier alpha value is -2.01. The molecule has 3 rings (SSSR count). The number of rotatable bonds is 8. The fraction of sp³-hybridized carbons (Fsp3) is 0.429. The summed E-state index contributed by atoms with van der Waals surface area (Å²) in [4.78, 5) is 14.8. The summed E-state index contributed by atoms with van der Waals surface area (Å²) >= 11 is 1.71. The van der Waals surface area contributed by atoms with E-state index in [9.17, 15) is 0 Å². The number of thiazole rings is 1. The van der Waals surface area contributed by atoms with Gasteiger partial charge in [-0.1, -0.05) is 24.2 Å². The molecule has 0 aliphatic heterocycles. The predicted octanol–water partition coefficient (Wildman–Crippen LogP) is 4.29. The minimum Gasteiger partial charge on any atom is -0.357 e. The molecule has 0 saturated carbocycles. The van der Waals surface area contributed by atoms with Gasteiger partial charge in [0, 0.05) is 30.0 Å². The molecule has 0 unspecified atom stereocenters. The number of hydrogen-bond acceptors (Lipinski definition) is 6. The van der Waals surface area contributed by atoms with Crippen molar-refractivity contribution in [1.82, 2.24) is 25.8 Å². The minimum atomic E-state index is 0. The number of guanidine groups is 1. The summed E-state index contributed by atoms with van der Waals surface area (Å²) in [6.07, 6.45) is 1.66. The van der Waals surface area contributed by atoms with Crippen molar-refractivity contribution in [3.8, 4) is 11.5 Å². The number of nitrogens with one attached hydrogen (secondary N) is 2. The Morgan fingerprint density at radius 1 is 1.10 bits per heavy atom. The van der Waals surface area contributed by atoms with Gasteiger partial charge in [-0.25, -0.2) is 9.98 Å². The number of halogens is 1. The molecule has 0 spiro atoms. The molecule has 0 fully saturated rings. The Labute approximate surface area is 198 Å². The van der Waals surface area contributed by atoms with Crippen LogP contribution in [-0.2, 0) is 19.4 Å². The zero-order valence-corrected chi connectivity index (χ0v) is 21.0. The number of aryl methyl sites for hydroxylation is 3. The van der Waals surface area contributed by atoms with Gasteiger partial charge in [-0.15, -0.1) is 35.3 Å². The molecule has 0 radical (unpaired) electrons. The van der Waals surface area contributed by atoms with Crippen molar-refractivity contribution in [3.05, 3.63) is 51.2 Å². The third kappa shape index (κ3) is 6.76. The number of hydrogen-bond donors (Lipinski definition) is 2. The highest BCUT2D eigenvalue weighted by Crippen LogP contribution is 2.18. The molecule has 0 atom stereocenters. The Balaban J connectivity index is 0.00000320. The van der Waals surface area contributed by atoms with E-state index in [0.29, 0.717) is 12.4 Å². The monoisotopic (exact) mass is 540 g/mol. The van der Waals surface area contributed by atoms with E-state index in [1.165, 1.54) is 10.4 Å². The van der Waals surface area contributed by atoms with E-state index in [1.54, 1.807) is 11.3 Å². The van der Waals surface area contributed by atoms with Crippen LogP contribution in [-0.4, -0.2) is 34.2 Å². The number of benzene rings is 1. The van der Waals surface area contributed by atoms with Crippen molar-refractivity contribution in [2.45, 2.75) is 47.1 Å². The Kier molecular flexibility index (Phi) is 9.70. The van der Waals surface area contributed by atoms with Crippen LogP contribution in [0.1, 0.15) is 40.8 Å². The zero-order chi connectivity index (χ0) is 20.6. The van der Waals surface area contributed by atoms with Gasteiger partial charge in [0.2, 0.25) is 0 Å². The summed E-state index contributed by atoms with van der Waals surface area (Å²) in [5.41, 5.74) is 3.27. The molecule has 162 valence electrons. The molecule has 2 N–H and O–H groups in total. The smallest absolute Gasteiger partial charge is 0.257 e. The van der Waals surface area contributed by atoms with Gasteiger partial charge >= 0.3 is 0 Å². The van der Waals surface area contributed by atoms with Gasteiger partial charge in [0.25, 0.3) is 5.89 Å². The molecule has 0 saturated heterocycles. The highest BCUT2D eigenvalue weighted by Gasteiger charge is 2.08. The number of aliphatic imine (C=N–C) groups is 1. The molecule has 1 aromatic carbocycles. The first kappa shape index (κ1) is 24.3. The molecular formula is C21H29IN6OS. The molecule has 3 aromatic rings. The van der Waals surface area contributed by atoms with Crippen LogP contribution in [0.5, 0.6) is 0 Å². The van der Waals surface area contributed by atoms with Crippen LogP contribution in [0.25, 0.3) is 11.5 Å². The zero-order valence-electron chi connectivity index (χ0n) is 17.9. The van der Waals surface area contributed by atoms with E-state index in [1.807, 2.05) is 26.0 Å². The van der Waals surface area contributed by atoms with E-state index in [4.69, 9.17) is 4.52 Å². The van der Waals surface area contributed by atoms with Gasteiger partial charge in [0.05, 0.1) is 12.2 Å². The van der Waals surface area contributed by atoms with E-state index in [2.05, 4.69) is 56.7 Å². The molecular weight excluding hydrogens is 511 g/mol. The second kappa shape index (κ2) is 12.0. The summed E-state index contributed by atoms with van der Waals surface area (Å²) in [5.74, 6) is 2.11. The number of nitrogens with zero attached hydrogens (tertiary/aromatic N) is 4. The van der Waals surface area contributed by atoms with Gasteiger partial charge in [0.1, 0.15) is 5.01 Å². The normalized spacial score (nSPS) is 11.3. The van der Waals surface area contributed by atoms with Crippen LogP contribution in [0.2, 0.25) is 0 Å². The predicted molar refractivity (Wildman–Crippen MR) is 133 cm³/mol. The van der Waals surface area contributed by atoms with Crippen molar-refractivity contribution in [3.63, 3.8) is 0 Å². The largest absolute Gasteiger partial charge is 0.357 e. The van der Waals surface area contributed by atoms with Gasteiger partial charge in [-0.2, -0.15) is 4.98 Å². The molecule has 0 aliphatic carbocycles. The van der Waals surface area contributed by atoms with Crippen LogP contribution in [0.15, 0.2) is 33.8 Å². The molecule has 0 amide bonds. The van der Waals surface area contributed by atoms with Crippen molar-refractivity contribution in [2.75, 3.05) is 13.1 Å². The maximum Gasteiger partial charge on any atom is 0.257 e. The summed E-state index contributed by atoms with van der Waals surface area (Å²) in [6, 6.07) is 8.24. The van der Waals surface area contributed by atoms with Gasteiger partial charge < -0.3 is 15.2 Å². The number of aromatic nitrogens is 3. The van der Waals surface area contributed by atoms with E-state index < -0.39 is 0 Å². The van der Waals surface area contributed by atoms with Crippen LogP contribution < -0.4 is 10.6 Å². The second-order valence-corrected chi connectivity index (χ2v) is 7.98. The molecule has 30 heavy (non-hydrogen) atoms. The lowest BCUT2D eigenvalue weighted by atomic mass is 10.1. The molecule has 2 aromatic heterocycles. The first-order chi connectivity index (χ1) is 14.1. The molecule has 7 nitrogen and oxygen atoms in total. The van der Waals surface area contributed by atoms with E-state index in [-0.39, 0.29) is 24.0 Å². The third-order valence-electron chi connectivity index (χ3n) is 4.48. The highest BCUT2D eigenvalue weighted by atomic mass is 127. The van der Waals surface area contributed by atoms with Crippen LogP contribution in [0.3, 0.4) is 0 Å². The summed E-state index contributed by atoms with van der Waals surface area (Å²) in [5, 5.41) is 11.7. The van der Waals surface area contributed by atoms with Crippen molar-refractivity contribution < 1.29 is 4.52 Å². The van der Waals surface area contributed by atoms with Gasteiger partial charge in [0.15, 0.2) is 11.8 Å². The molecule has 2 heterocycles. The highest BCUT2D eigenvalue weighted by molar-refractivity contribution is 14.0. The summed E-state index contributed by atoms with van der Waals surface area (Å²) in [7, 11) is 0. The average Bonchev–Trinajstić information content (AvgIpc) is 3.33. The van der Waals surface area contributed by atoms with E-state index >= 15 is 0 Å². The summed E-state index contributed by atoms with van der Waals surface area (Å²) < 4.78 is 5.29. The standard InChI is InChI=1S/C21H28N6OS.HI/c1-5-18-26-20(28-27-18)17-9-7-16(8-10-17)11-12-23-21(22-6-2)24-13-19-25-14(3)15(4)29-19;/h7-10H,5-6,11-13H2,1-4H3,(H2,22,23,24);1H. The lowest BCUT2D eigenvalue weighted by Gasteiger charge is -2.11. The van der Waals surface area contributed by atoms with Crippen LogP contribution >= 0.6 is 35.3 Å². The van der Waals surface area contributed by atoms with Gasteiger partial charge in [-0.3, -0.25) is 0 Å². The lowest BCUT2D eigenvalue weighted by molar-refractivity contribution is 0.423. The summed E-state index contributed by atoms with van der Waals surface area (Å²) in [6.45, 7) is 10.4. The Morgan fingerprint density at radius 2 is 1.87 bits per heavy atom. The quantitative estimate of drug-likeness (QED) is 0.252. The SMILES string of the molecule is CCNC(=NCc1nc(C)c(C)s1)NCCc1ccc(-c2nc(CC)no2)cc1.I. The van der Waals surface area contributed by atoms with Crippen molar-refractivity contribution >= 4 is 41.3 Å². The Morgan fingerprint density at radius 3 is 2.47 bits per heavy atom. The lowest BCUT2D eigenvalue weighted by Crippen LogP contribution is -2.38. The maximum absolute atomic E-state index is 5.29. The fourth-order valence-corrected chi connectivity index (χ4v) is 3.61. The van der Waals surface area contributed by atoms with Crippen LogP contribution in [0, 0.1) is 13.8 Å². The Bertz CT molecular complexity index is 931. The first-order valence-corrected chi connectivity index (χ1v) is 10.8.